The van der Waals surface area contributed by atoms with Crippen molar-refractivity contribution >= 4 is 52.0 Å². The molecule has 0 saturated carbocycles. The number of anilines is 3. The Bertz CT molecular complexity index is 2130. The summed E-state index contributed by atoms with van der Waals surface area (Å²) in [5, 5.41) is 38.9. The number of carbonyl (C=O) groups is 4. The molecule has 2 aromatic carbocycles. The summed E-state index contributed by atoms with van der Waals surface area (Å²) < 4.78 is 6.89. The number of benzene rings is 2. The first-order valence-electron chi connectivity index (χ1n) is 15.8. The van der Waals surface area contributed by atoms with Crippen LogP contribution < -0.4 is 20.7 Å². The number of likely N-dealkylation sites (N-methyl/N-ethyl adjacent to an activating group) is 1. The molecule has 0 bridgehead atoms. The standard InChI is InChI=1S/C31H30N8O7.C3H7NO/c1-37-9-11-39(12-10-37)26-19(29(42)43)13-18(28(40)41)23(24(26)30(44)45)17-6-4-5-16-20(14-33-25(16)17)21-7-8-32-31(34-21)35-22-15-38(2)36-27(22)46-3;1-2-3(4)5/h4-8,13-15,33H,9-12H2,1-3H3,(H,40,41)(H,42,43)(H,44,45)(H,32,34,35);2H2,1H3,(H2,4,5). The number of methoxy groups -OCH3 is 1. The Morgan fingerprint density at radius 3 is 2.27 bits per heavy atom. The first-order chi connectivity index (χ1) is 24.3. The first kappa shape index (κ1) is 35.8. The average molecular weight is 700 g/mol. The number of fused-ring (bicyclic) bond motifs is 1. The summed E-state index contributed by atoms with van der Waals surface area (Å²) >= 11 is 0. The maximum absolute atomic E-state index is 13.0. The van der Waals surface area contributed by atoms with Gasteiger partial charge in [0.15, 0.2) is 0 Å². The van der Waals surface area contributed by atoms with Crippen molar-refractivity contribution in [1.82, 2.24) is 29.6 Å². The number of ether oxygens (including phenoxy) is 1. The van der Waals surface area contributed by atoms with Gasteiger partial charge >= 0.3 is 17.9 Å². The third kappa shape index (κ3) is 7.42. The average Bonchev–Trinajstić information content (AvgIpc) is 3.70. The van der Waals surface area contributed by atoms with Crippen LogP contribution >= 0.6 is 0 Å². The summed E-state index contributed by atoms with van der Waals surface area (Å²) in [6.07, 6.45) is 5.44. The minimum atomic E-state index is -1.45. The van der Waals surface area contributed by atoms with Gasteiger partial charge in [0.05, 0.1) is 46.9 Å². The van der Waals surface area contributed by atoms with Gasteiger partial charge in [0.25, 0.3) is 5.88 Å². The lowest BCUT2D eigenvalue weighted by Crippen LogP contribution is -2.45. The van der Waals surface area contributed by atoms with E-state index < -0.39 is 23.5 Å². The number of rotatable bonds is 10. The number of hydrogen-bond donors (Lipinski definition) is 6. The van der Waals surface area contributed by atoms with E-state index in [0.29, 0.717) is 71.9 Å². The summed E-state index contributed by atoms with van der Waals surface area (Å²) in [6, 6.07) is 7.87. The summed E-state index contributed by atoms with van der Waals surface area (Å²) in [5.74, 6) is -3.91. The second-order valence-corrected chi connectivity index (χ2v) is 11.6. The topological polar surface area (TPSA) is 242 Å². The summed E-state index contributed by atoms with van der Waals surface area (Å²) in [4.78, 5) is 63.5. The van der Waals surface area contributed by atoms with Crippen LogP contribution in [-0.2, 0) is 11.8 Å². The van der Waals surface area contributed by atoms with Crippen LogP contribution in [0.5, 0.6) is 5.88 Å². The fraction of sp³-hybridized carbons (Fsp3) is 0.265. The van der Waals surface area contributed by atoms with Crippen LogP contribution in [0.25, 0.3) is 33.3 Å². The van der Waals surface area contributed by atoms with E-state index in [1.807, 2.05) is 11.9 Å². The SMILES string of the molecule is CCC(N)=O.COc1nn(C)cc1Nc1nccc(-c2c[nH]c3c(-c4c(C(=O)O)cc(C(=O)O)c(N5CCN(C)CC5)c4C(=O)O)cccc23)n1. The number of aromatic carboxylic acids is 3. The maximum Gasteiger partial charge on any atom is 0.338 e. The maximum atomic E-state index is 13.0. The molecule has 0 aliphatic carbocycles. The molecule has 0 spiro atoms. The molecule has 5 aromatic rings. The van der Waals surface area contributed by atoms with Crippen LogP contribution in [0.3, 0.4) is 0 Å². The summed E-state index contributed by atoms with van der Waals surface area (Å²) in [7, 11) is 5.18. The van der Waals surface area contributed by atoms with Gasteiger partial charge in [-0.2, -0.15) is 0 Å². The number of carboxylic acids is 3. The van der Waals surface area contributed by atoms with Gasteiger partial charge in [-0.1, -0.05) is 25.1 Å². The fourth-order valence-electron chi connectivity index (χ4n) is 5.82. The zero-order valence-corrected chi connectivity index (χ0v) is 28.3. The zero-order chi connectivity index (χ0) is 37.0. The van der Waals surface area contributed by atoms with Crippen LogP contribution in [-0.4, -0.2) is 109 Å². The van der Waals surface area contributed by atoms with Crippen molar-refractivity contribution in [2.24, 2.45) is 12.8 Å². The fourth-order valence-corrected chi connectivity index (χ4v) is 5.82. The van der Waals surface area contributed by atoms with Crippen molar-refractivity contribution in [2.75, 3.05) is 50.6 Å². The molecule has 0 atom stereocenters. The van der Waals surface area contributed by atoms with Crippen LogP contribution in [0.1, 0.15) is 44.4 Å². The molecule has 1 amide bonds. The number of piperazine rings is 1. The van der Waals surface area contributed by atoms with Gasteiger partial charge < -0.3 is 45.9 Å². The minimum Gasteiger partial charge on any atom is -0.478 e. The van der Waals surface area contributed by atoms with E-state index in [2.05, 4.69) is 31.1 Å². The van der Waals surface area contributed by atoms with Gasteiger partial charge in [0.2, 0.25) is 11.9 Å². The van der Waals surface area contributed by atoms with Gasteiger partial charge in [-0.3, -0.25) is 9.48 Å². The first-order valence-corrected chi connectivity index (χ1v) is 15.8. The van der Waals surface area contributed by atoms with Crippen molar-refractivity contribution in [3.8, 4) is 28.3 Å². The van der Waals surface area contributed by atoms with Crippen molar-refractivity contribution in [1.29, 1.82) is 0 Å². The van der Waals surface area contributed by atoms with E-state index in [0.717, 1.165) is 6.07 Å². The van der Waals surface area contributed by atoms with Crippen LogP contribution in [0.15, 0.2) is 48.9 Å². The number of para-hydroxylation sites is 1. The molecular weight excluding hydrogens is 662 g/mol. The molecule has 3 aromatic heterocycles. The Hall–Kier alpha value is -6.49. The smallest absolute Gasteiger partial charge is 0.338 e. The Labute approximate surface area is 291 Å². The van der Waals surface area contributed by atoms with Gasteiger partial charge in [-0.15, -0.1) is 5.10 Å². The van der Waals surface area contributed by atoms with E-state index in [-0.39, 0.29) is 34.2 Å². The predicted molar refractivity (Wildman–Crippen MR) is 188 cm³/mol. The molecule has 17 nitrogen and oxygen atoms in total. The minimum absolute atomic E-state index is 0.0192. The molecule has 266 valence electrons. The lowest BCUT2D eigenvalue weighted by Gasteiger charge is -2.36. The Balaban J connectivity index is 0.000000943. The van der Waals surface area contributed by atoms with E-state index in [1.54, 1.807) is 66.4 Å². The number of nitrogens with two attached hydrogens (primary N) is 1. The quantitative estimate of drug-likeness (QED) is 0.122. The highest BCUT2D eigenvalue weighted by atomic mass is 16.5. The van der Waals surface area contributed by atoms with E-state index in [4.69, 9.17) is 4.74 Å². The third-order valence-electron chi connectivity index (χ3n) is 8.29. The molecule has 7 N–H and O–H groups in total. The molecule has 1 aliphatic rings. The molecule has 51 heavy (non-hydrogen) atoms. The van der Waals surface area contributed by atoms with Crippen LogP contribution in [0, 0.1) is 0 Å². The van der Waals surface area contributed by atoms with E-state index >= 15 is 0 Å². The van der Waals surface area contributed by atoms with Gasteiger partial charge in [0.1, 0.15) is 5.69 Å². The van der Waals surface area contributed by atoms with Crippen molar-refractivity contribution in [3.05, 3.63) is 65.6 Å². The number of aromatic amines is 1. The largest absolute Gasteiger partial charge is 0.478 e. The Kier molecular flexibility index (Phi) is 10.5. The molecule has 6 rings (SSSR count). The van der Waals surface area contributed by atoms with Crippen molar-refractivity contribution in [3.63, 3.8) is 0 Å². The third-order valence-corrected chi connectivity index (χ3v) is 8.29. The molecular formula is C34H37N9O8. The molecule has 17 heteroatoms. The van der Waals surface area contributed by atoms with Gasteiger partial charge in [-0.25, -0.2) is 24.4 Å². The molecule has 1 fully saturated rings. The second kappa shape index (κ2) is 15.0. The number of nitrogens with one attached hydrogen (secondary N) is 2. The Morgan fingerprint density at radius 1 is 0.980 bits per heavy atom. The number of hydrogen-bond acceptors (Lipinski definition) is 11. The normalized spacial score (nSPS) is 13.0. The highest BCUT2D eigenvalue weighted by molar-refractivity contribution is 6.16. The number of primary amides is 1. The van der Waals surface area contributed by atoms with Crippen LogP contribution in [0.4, 0.5) is 17.3 Å². The number of amides is 1. The van der Waals surface area contributed by atoms with E-state index in [9.17, 15) is 34.5 Å². The summed E-state index contributed by atoms with van der Waals surface area (Å²) in [5.41, 5.74) is 5.83. The molecule has 1 saturated heterocycles. The number of nitrogens with zero attached hydrogens (tertiary/aromatic N) is 6. The van der Waals surface area contributed by atoms with Crippen molar-refractivity contribution in [2.45, 2.75) is 13.3 Å². The zero-order valence-electron chi connectivity index (χ0n) is 28.3. The molecule has 0 unspecified atom stereocenters. The second-order valence-electron chi connectivity index (χ2n) is 11.6. The number of H-pyrrole nitrogens is 1. The highest BCUT2D eigenvalue weighted by Crippen LogP contribution is 2.42. The monoisotopic (exact) mass is 699 g/mol. The predicted octanol–water partition coefficient (Wildman–Crippen LogP) is 3.51. The summed E-state index contributed by atoms with van der Waals surface area (Å²) in [6.45, 7) is 3.62. The lowest BCUT2D eigenvalue weighted by molar-refractivity contribution is -0.117. The Morgan fingerprint density at radius 2 is 1.67 bits per heavy atom. The van der Waals surface area contributed by atoms with Crippen LogP contribution in [0.2, 0.25) is 0 Å². The highest BCUT2D eigenvalue weighted by Gasteiger charge is 2.33. The number of carboxylic acid groups (broad SMARTS) is 3. The number of aromatic nitrogens is 5. The molecule has 4 heterocycles. The number of carbonyl (C=O) groups excluding carboxylic acids is 1. The van der Waals surface area contributed by atoms with Gasteiger partial charge in [-0.05, 0) is 19.2 Å². The molecule has 0 radical (unpaired) electrons. The van der Waals surface area contributed by atoms with Gasteiger partial charge in [0, 0.05) is 74.1 Å². The van der Waals surface area contributed by atoms with E-state index in [1.165, 1.54) is 7.11 Å². The molecule has 1 aliphatic heterocycles. The lowest BCUT2D eigenvalue weighted by atomic mass is 9.88. The van der Waals surface area contributed by atoms with Crippen molar-refractivity contribution < 1.29 is 39.2 Å². The number of aryl methyl sites for hydroxylation is 1.